The first-order valence-electron chi connectivity index (χ1n) is 10.5. The second kappa shape index (κ2) is 9.59. The van der Waals surface area contributed by atoms with E-state index in [-0.39, 0.29) is 11.9 Å². The summed E-state index contributed by atoms with van der Waals surface area (Å²) < 4.78 is 7.07. The van der Waals surface area contributed by atoms with E-state index in [2.05, 4.69) is 27.4 Å². The minimum Gasteiger partial charge on any atom is -0.497 e. The standard InChI is InChI=1S/C24H28N4O2/c1-30-22-12-8-19(9-13-22)23(27-15-3-2-4-16-27)18-25-24(29)20-6-10-21(11-7-20)28-17-5-14-26-28/h5-14,17,23H,2-4,15-16,18H2,1H3,(H,25,29). The van der Waals surface area contributed by atoms with Crippen molar-refractivity contribution in [3.63, 3.8) is 0 Å². The molecule has 0 spiro atoms. The molecule has 156 valence electrons. The molecule has 3 aromatic rings. The Bertz CT molecular complexity index is 930. The van der Waals surface area contributed by atoms with E-state index in [0.717, 1.165) is 24.5 Å². The first kappa shape index (κ1) is 20.2. The molecule has 6 heteroatoms. The van der Waals surface area contributed by atoms with Gasteiger partial charge in [-0.15, -0.1) is 0 Å². The van der Waals surface area contributed by atoms with E-state index in [4.69, 9.17) is 4.74 Å². The van der Waals surface area contributed by atoms with E-state index < -0.39 is 0 Å². The number of carbonyl (C=O) groups is 1. The van der Waals surface area contributed by atoms with Crippen LogP contribution in [-0.2, 0) is 0 Å². The molecule has 1 aliphatic heterocycles. The Morgan fingerprint density at radius 1 is 1.07 bits per heavy atom. The Hall–Kier alpha value is -3.12. The van der Waals surface area contributed by atoms with Crippen LogP contribution in [0.5, 0.6) is 5.75 Å². The molecule has 1 atom stereocenters. The molecule has 2 aromatic carbocycles. The van der Waals surface area contributed by atoms with Crippen molar-refractivity contribution >= 4 is 5.91 Å². The Kier molecular flexibility index (Phi) is 6.44. The first-order chi connectivity index (χ1) is 14.7. The third-order valence-corrected chi connectivity index (χ3v) is 5.69. The monoisotopic (exact) mass is 404 g/mol. The van der Waals surface area contributed by atoms with E-state index in [9.17, 15) is 4.79 Å². The molecule has 1 aliphatic rings. The summed E-state index contributed by atoms with van der Waals surface area (Å²) in [5.41, 5.74) is 2.78. The van der Waals surface area contributed by atoms with Gasteiger partial charge in [0.15, 0.2) is 0 Å². The van der Waals surface area contributed by atoms with Crippen molar-refractivity contribution in [2.75, 3.05) is 26.7 Å². The molecule has 1 aromatic heterocycles. The van der Waals surface area contributed by atoms with E-state index in [1.807, 2.05) is 48.7 Å². The quantitative estimate of drug-likeness (QED) is 0.650. The molecule has 0 bridgehead atoms. The van der Waals surface area contributed by atoms with Crippen LogP contribution in [-0.4, -0.2) is 47.3 Å². The van der Waals surface area contributed by atoms with E-state index >= 15 is 0 Å². The van der Waals surface area contributed by atoms with Crippen LogP contribution >= 0.6 is 0 Å². The van der Waals surface area contributed by atoms with Crippen LogP contribution in [0.3, 0.4) is 0 Å². The van der Waals surface area contributed by atoms with E-state index in [1.165, 1.54) is 24.8 Å². The molecule has 1 saturated heterocycles. The lowest BCUT2D eigenvalue weighted by atomic mass is 10.0. The highest BCUT2D eigenvalue weighted by Crippen LogP contribution is 2.26. The van der Waals surface area contributed by atoms with Gasteiger partial charge in [0.25, 0.3) is 5.91 Å². The molecule has 1 amide bonds. The Morgan fingerprint density at radius 2 is 1.80 bits per heavy atom. The molecular formula is C24H28N4O2. The summed E-state index contributed by atoms with van der Waals surface area (Å²) in [6, 6.07) is 17.7. The summed E-state index contributed by atoms with van der Waals surface area (Å²) in [4.78, 5) is 15.3. The second-order valence-corrected chi connectivity index (χ2v) is 7.59. The number of piperidine rings is 1. The molecule has 0 aliphatic carbocycles. The van der Waals surface area contributed by atoms with Gasteiger partial charge < -0.3 is 10.1 Å². The van der Waals surface area contributed by atoms with Crippen LogP contribution in [0.25, 0.3) is 5.69 Å². The lowest BCUT2D eigenvalue weighted by molar-refractivity contribution is 0.0924. The molecule has 2 heterocycles. The molecule has 0 radical (unpaired) electrons. The fourth-order valence-electron chi connectivity index (χ4n) is 3.99. The zero-order valence-corrected chi connectivity index (χ0v) is 17.3. The predicted octanol–water partition coefficient (Wildman–Crippen LogP) is 3.84. The summed E-state index contributed by atoms with van der Waals surface area (Å²) in [7, 11) is 1.68. The average molecular weight is 405 g/mol. The van der Waals surface area contributed by atoms with Gasteiger partial charge in [0.05, 0.1) is 18.8 Å². The summed E-state index contributed by atoms with van der Waals surface area (Å²) in [5.74, 6) is 0.787. The molecular weight excluding hydrogens is 376 g/mol. The number of benzene rings is 2. The van der Waals surface area contributed by atoms with Crippen LogP contribution in [0.1, 0.15) is 41.2 Å². The maximum Gasteiger partial charge on any atom is 0.251 e. The van der Waals surface area contributed by atoms with Gasteiger partial charge >= 0.3 is 0 Å². The number of rotatable bonds is 7. The molecule has 0 saturated carbocycles. The normalized spacial score (nSPS) is 15.5. The van der Waals surface area contributed by atoms with E-state index in [1.54, 1.807) is 18.0 Å². The Balaban J connectivity index is 1.45. The predicted molar refractivity (Wildman–Crippen MR) is 117 cm³/mol. The number of aromatic nitrogens is 2. The molecule has 30 heavy (non-hydrogen) atoms. The Morgan fingerprint density at radius 3 is 2.43 bits per heavy atom. The number of amides is 1. The highest BCUT2D eigenvalue weighted by atomic mass is 16.5. The number of ether oxygens (including phenoxy) is 1. The van der Waals surface area contributed by atoms with Crippen molar-refractivity contribution in [2.24, 2.45) is 0 Å². The molecule has 1 unspecified atom stereocenters. The number of methoxy groups -OCH3 is 1. The van der Waals surface area contributed by atoms with Crippen LogP contribution in [0, 0.1) is 0 Å². The van der Waals surface area contributed by atoms with Gasteiger partial charge in [0, 0.05) is 24.5 Å². The topological polar surface area (TPSA) is 59.4 Å². The van der Waals surface area contributed by atoms with Gasteiger partial charge in [-0.2, -0.15) is 5.10 Å². The lowest BCUT2D eigenvalue weighted by Crippen LogP contribution is -2.40. The average Bonchev–Trinajstić information content (AvgIpc) is 3.35. The third kappa shape index (κ3) is 4.71. The summed E-state index contributed by atoms with van der Waals surface area (Å²) in [5, 5.41) is 7.36. The fraction of sp³-hybridized carbons (Fsp3) is 0.333. The van der Waals surface area contributed by atoms with Crippen molar-refractivity contribution < 1.29 is 9.53 Å². The maximum atomic E-state index is 12.8. The SMILES string of the molecule is COc1ccc(C(CNC(=O)c2ccc(-n3cccn3)cc2)N2CCCCC2)cc1. The number of nitrogens with zero attached hydrogens (tertiary/aromatic N) is 3. The number of carbonyl (C=O) groups excluding carboxylic acids is 1. The first-order valence-corrected chi connectivity index (χ1v) is 10.5. The summed E-state index contributed by atoms with van der Waals surface area (Å²) >= 11 is 0. The van der Waals surface area contributed by atoms with Crippen LogP contribution in [0.2, 0.25) is 0 Å². The van der Waals surface area contributed by atoms with Crippen molar-refractivity contribution in [3.05, 3.63) is 78.1 Å². The lowest BCUT2D eigenvalue weighted by Gasteiger charge is -2.35. The van der Waals surface area contributed by atoms with Crippen LogP contribution < -0.4 is 10.1 Å². The zero-order valence-electron chi connectivity index (χ0n) is 17.3. The van der Waals surface area contributed by atoms with Crippen molar-refractivity contribution in [3.8, 4) is 11.4 Å². The van der Waals surface area contributed by atoms with Crippen LogP contribution in [0.4, 0.5) is 0 Å². The fourth-order valence-corrected chi connectivity index (χ4v) is 3.99. The van der Waals surface area contributed by atoms with Gasteiger partial charge in [0.1, 0.15) is 5.75 Å². The van der Waals surface area contributed by atoms with Gasteiger partial charge in [-0.3, -0.25) is 9.69 Å². The minimum atomic E-state index is -0.0578. The third-order valence-electron chi connectivity index (χ3n) is 5.69. The number of hydrogen-bond acceptors (Lipinski definition) is 4. The maximum absolute atomic E-state index is 12.8. The van der Waals surface area contributed by atoms with E-state index in [0.29, 0.717) is 12.1 Å². The summed E-state index contributed by atoms with van der Waals surface area (Å²) in [6.45, 7) is 2.70. The zero-order chi connectivity index (χ0) is 20.8. The van der Waals surface area contributed by atoms with Crippen LogP contribution in [0.15, 0.2) is 67.0 Å². The largest absolute Gasteiger partial charge is 0.497 e. The molecule has 1 N–H and O–H groups in total. The molecule has 1 fully saturated rings. The minimum absolute atomic E-state index is 0.0578. The number of hydrogen-bond donors (Lipinski definition) is 1. The number of nitrogens with one attached hydrogen (secondary N) is 1. The second-order valence-electron chi connectivity index (χ2n) is 7.59. The Labute approximate surface area is 177 Å². The van der Waals surface area contributed by atoms with Gasteiger partial charge in [-0.05, 0) is 74.0 Å². The molecule has 4 rings (SSSR count). The summed E-state index contributed by atoms with van der Waals surface area (Å²) in [6.07, 6.45) is 7.31. The van der Waals surface area contributed by atoms with Gasteiger partial charge in [0.2, 0.25) is 0 Å². The number of likely N-dealkylation sites (tertiary alicyclic amines) is 1. The van der Waals surface area contributed by atoms with Gasteiger partial charge in [-0.25, -0.2) is 4.68 Å². The van der Waals surface area contributed by atoms with Gasteiger partial charge in [-0.1, -0.05) is 18.6 Å². The highest BCUT2D eigenvalue weighted by Gasteiger charge is 2.23. The molecule has 6 nitrogen and oxygen atoms in total. The van der Waals surface area contributed by atoms with Crippen molar-refractivity contribution in [1.29, 1.82) is 0 Å². The highest BCUT2D eigenvalue weighted by molar-refractivity contribution is 5.94. The van der Waals surface area contributed by atoms with Crippen molar-refractivity contribution in [2.45, 2.75) is 25.3 Å². The van der Waals surface area contributed by atoms with Crippen molar-refractivity contribution in [1.82, 2.24) is 20.0 Å². The smallest absolute Gasteiger partial charge is 0.251 e.